The van der Waals surface area contributed by atoms with Gasteiger partial charge in [0.1, 0.15) is 13.2 Å². The summed E-state index contributed by atoms with van der Waals surface area (Å²) < 4.78 is 58.2. The second-order valence-corrected chi connectivity index (χ2v) is 9.52. The van der Waals surface area contributed by atoms with Crippen LogP contribution in [0.3, 0.4) is 0 Å². The zero-order valence-corrected chi connectivity index (χ0v) is 27.7. The molecule has 0 saturated carbocycles. The van der Waals surface area contributed by atoms with Crippen molar-refractivity contribution in [1.29, 1.82) is 0 Å². The van der Waals surface area contributed by atoms with E-state index < -0.39 is 5.97 Å². The molecule has 0 aliphatic carbocycles. The minimum Gasteiger partial charge on any atom is -0.467 e. The van der Waals surface area contributed by atoms with Gasteiger partial charge in [0.15, 0.2) is 0 Å². The zero-order chi connectivity index (χ0) is 33.2. The molecule has 0 bridgehead atoms. The fourth-order valence-electron chi connectivity index (χ4n) is 3.38. The molecule has 0 aliphatic heterocycles. The molecule has 1 aromatic rings. The van der Waals surface area contributed by atoms with Crippen molar-refractivity contribution in [3.8, 4) is 0 Å². The lowest BCUT2D eigenvalue weighted by Gasteiger charge is -2.09. The van der Waals surface area contributed by atoms with Crippen LogP contribution in [0.4, 0.5) is 5.69 Å². The van der Waals surface area contributed by atoms with Gasteiger partial charge in [-0.15, -0.1) is 0 Å². The van der Waals surface area contributed by atoms with Gasteiger partial charge in [0.05, 0.1) is 125 Å². The summed E-state index contributed by atoms with van der Waals surface area (Å²) in [4.78, 5) is 23.0. The standard InChI is InChI=1S/C32H55NO13/c1-3-4-9-33-30-7-5-29(6-8-30)32(35)46-27-26-44-23-22-42-19-18-40-15-14-38-11-10-37-12-13-39-16-17-41-20-21-43-24-25-45-28-31(34)36-2/h5-8,33H,3-4,9-28H2,1-2H3. The Morgan fingerprint density at radius 2 is 0.913 bits per heavy atom. The fourth-order valence-corrected chi connectivity index (χ4v) is 3.38. The van der Waals surface area contributed by atoms with Crippen LogP contribution in [0.2, 0.25) is 0 Å². The van der Waals surface area contributed by atoms with E-state index in [1.54, 1.807) is 12.1 Å². The summed E-state index contributed by atoms with van der Waals surface area (Å²) in [6.45, 7) is 10.7. The van der Waals surface area contributed by atoms with E-state index in [2.05, 4.69) is 17.0 Å². The summed E-state index contributed by atoms with van der Waals surface area (Å²) in [6, 6.07) is 7.27. The van der Waals surface area contributed by atoms with Crippen molar-refractivity contribution in [3.05, 3.63) is 29.8 Å². The number of anilines is 1. The van der Waals surface area contributed by atoms with E-state index in [1.807, 2.05) is 12.1 Å². The summed E-state index contributed by atoms with van der Waals surface area (Å²) in [5.41, 5.74) is 1.51. The van der Waals surface area contributed by atoms with Crippen molar-refractivity contribution < 1.29 is 61.7 Å². The van der Waals surface area contributed by atoms with E-state index in [9.17, 15) is 9.59 Å². The van der Waals surface area contributed by atoms with Gasteiger partial charge in [0, 0.05) is 12.2 Å². The highest BCUT2D eigenvalue weighted by molar-refractivity contribution is 5.89. The topological polar surface area (TPSA) is 148 Å². The third kappa shape index (κ3) is 26.8. The van der Waals surface area contributed by atoms with Crippen molar-refractivity contribution in [2.24, 2.45) is 0 Å². The molecule has 0 amide bonds. The number of esters is 2. The van der Waals surface area contributed by atoms with Gasteiger partial charge in [-0.1, -0.05) is 13.3 Å². The quantitative estimate of drug-likeness (QED) is 0.0851. The van der Waals surface area contributed by atoms with Crippen LogP contribution in [0, 0.1) is 0 Å². The number of carbonyl (C=O) groups is 2. The van der Waals surface area contributed by atoms with Crippen LogP contribution >= 0.6 is 0 Å². The van der Waals surface area contributed by atoms with Crippen molar-refractivity contribution >= 4 is 17.6 Å². The number of hydrogen-bond acceptors (Lipinski definition) is 14. The molecule has 0 fully saturated rings. The molecule has 0 saturated heterocycles. The zero-order valence-electron chi connectivity index (χ0n) is 27.7. The van der Waals surface area contributed by atoms with Crippen LogP contribution in [-0.2, 0) is 56.9 Å². The van der Waals surface area contributed by atoms with Crippen LogP contribution in [0.15, 0.2) is 24.3 Å². The molecule has 14 nitrogen and oxygen atoms in total. The number of hydrogen-bond donors (Lipinski definition) is 1. The molecule has 0 atom stereocenters. The van der Waals surface area contributed by atoms with Gasteiger partial charge in [-0.05, 0) is 30.7 Å². The third-order valence-corrected chi connectivity index (χ3v) is 5.86. The summed E-state index contributed by atoms with van der Waals surface area (Å²) in [5, 5.41) is 3.31. The van der Waals surface area contributed by atoms with E-state index >= 15 is 0 Å². The molecule has 0 heterocycles. The molecule has 46 heavy (non-hydrogen) atoms. The van der Waals surface area contributed by atoms with Gasteiger partial charge in [0.25, 0.3) is 0 Å². The summed E-state index contributed by atoms with van der Waals surface area (Å²) in [5.74, 6) is -0.776. The van der Waals surface area contributed by atoms with Gasteiger partial charge in [0.2, 0.25) is 0 Å². The molecule has 0 spiro atoms. The molecule has 14 heteroatoms. The molecular formula is C32H55NO13. The van der Waals surface area contributed by atoms with Gasteiger partial charge < -0.3 is 57.4 Å². The van der Waals surface area contributed by atoms with E-state index in [4.69, 9.17) is 47.4 Å². The highest BCUT2D eigenvalue weighted by Gasteiger charge is 2.07. The maximum Gasteiger partial charge on any atom is 0.338 e. The molecule has 1 rings (SSSR count). The molecule has 0 aliphatic rings. The molecule has 266 valence electrons. The van der Waals surface area contributed by atoms with Crippen molar-refractivity contribution in [3.63, 3.8) is 0 Å². The van der Waals surface area contributed by atoms with E-state index in [-0.39, 0.29) is 19.2 Å². The molecule has 0 unspecified atom stereocenters. The predicted molar refractivity (Wildman–Crippen MR) is 170 cm³/mol. The normalized spacial score (nSPS) is 11.1. The summed E-state index contributed by atoms with van der Waals surface area (Å²) >= 11 is 0. The monoisotopic (exact) mass is 661 g/mol. The molecular weight excluding hydrogens is 606 g/mol. The van der Waals surface area contributed by atoms with E-state index in [0.29, 0.717) is 118 Å². The second-order valence-electron chi connectivity index (χ2n) is 9.52. The molecule has 1 N–H and O–H groups in total. The smallest absolute Gasteiger partial charge is 0.338 e. The lowest BCUT2D eigenvalue weighted by Crippen LogP contribution is -2.16. The van der Waals surface area contributed by atoms with Gasteiger partial charge in [-0.25, -0.2) is 9.59 Å². The highest BCUT2D eigenvalue weighted by atomic mass is 16.6. The van der Waals surface area contributed by atoms with Crippen LogP contribution in [0.25, 0.3) is 0 Å². The average molecular weight is 662 g/mol. The van der Waals surface area contributed by atoms with Gasteiger partial charge in [-0.2, -0.15) is 0 Å². The Kier molecular flexibility index (Phi) is 29.4. The fraction of sp³-hybridized carbons (Fsp3) is 0.750. The van der Waals surface area contributed by atoms with Crippen molar-refractivity contribution in [2.75, 3.05) is 145 Å². The minimum atomic E-state index is -0.411. The van der Waals surface area contributed by atoms with E-state index in [0.717, 1.165) is 25.1 Å². The second kappa shape index (κ2) is 32.5. The number of methoxy groups -OCH3 is 1. The SMILES string of the molecule is CCCCNc1ccc(C(=O)OCCOCCOCCOCCOCCOCCOCCOCCOCCOCC(=O)OC)cc1. The van der Waals surface area contributed by atoms with Crippen LogP contribution in [0.5, 0.6) is 0 Å². The van der Waals surface area contributed by atoms with Gasteiger partial charge in [-0.3, -0.25) is 0 Å². The predicted octanol–water partition coefficient (Wildman–Crippen LogP) is 2.38. The largest absolute Gasteiger partial charge is 0.467 e. The molecule has 0 radical (unpaired) electrons. The summed E-state index contributed by atoms with van der Waals surface area (Å²) in [6.07, 6.45) is 2.24. The van der Waals surface area contributed by atoms with Crippen LogP contribution in [0.1, 0.15) is 30.1 Å². The number of nitrogens with one attached hydrogen (secondary N) is 1. The number of ether oxygens (including phenoxy) is 11. The van der Waals surface area contributed by atoms with Crippen molar-refractivity contribution in [1.82, 2.24) is 0 Å². The Morgan fingerprint density at radius 3 is 1.28 bits per heavy atom. The maximum absolute atomic E-state index is 12.1. The average Bonchev–Trinajstić information content (AvgIpc) is 3.07. The Hall–Kier alpha value is -2.40. The Balaban J connectivity index is 1.72. The number of benzene rings is 1. The van der Waals surface area contributed by atoms with Crippen molar-refractivity contribution in [2.45, 2.75) is 19.8 Å². The van der Waals surface area contributed by atoms with Crippen LogP contribution < -0.4 is 5.32 Å². The Labute approximate surface area is 273 Å². The first kappa shape index (κ1) is 41.6. The lowest BCUT2D eigenvalue weighted by molar-refractivity contribution is -0.146. The highest BCUT2D eigenvalue weighted by Crippen LogP contribution is 2.10. The first-order valence-electron chi connectivity index (χ1n) is 15.9. The Morgan fingerprint density at radius 1 is 0.543 bits per heavy atom. The first-order chi connectivity index (χ1) is 22.7. The number of rotatable bonds is 34. The number of unbranched alkanes of at least 4 members (excludes halogenated alkanes) is 1. The third-order valence-electron chi connectivity index (χ3n) is 5.86. The lowest BCUT2D eigenvalue weighted by atomic mass is 10.2. The maximum atomic E-state index is 12.1. The van der Waals surface area contributed by atoms with E-state index in [1.165, 1.54) is 7.11 Å². The number of carbonyl (C=O) groups excluding carboxylic acids is 2. The molecule has 1 aromatic carbocycles. The summed E-state index contributed by atoms with van der Waals surface area (Å²) in [7, 11) is 1.31. The first-order valence-corrected chi connectivity index (χ1v) is 15.9. The van der Waals surface area contributed by atoms with Gasteiger partial charge >= 0.3 is 11.9 Å². The molecule has 0 aromatic heterocycles. The van der Waals surface area contributed by atoms with Crippen LogP contribution in [-0.4, -0.2) is 151 Å². The Bertz CT molecular complexity index is 829. The minimum absolute atomic E-state index is 0.0745.